The van der Waals surface area contributed by atoms with E-state index < -0.39 is 5.41 Å². The second-order valence-corrected chi connectivity index (χ2v) is 9.68. The van der Waals surface area contributed by atoms with Crippen molar-refractivity contribution in [3.63, 3.8) is 0 Å². The lowest BCUT2D eigenvalue weighted by Crippen LogP contribution is -2.56. The highest BCUT2D eigenvalue weighted by molar-refractivity contribution is 7.17. The quantitative estimate of drug-likeness (QED) is 0.404. The van der Waals surface area contributed by atoms with Gasteiger partial charge < -0.3 is 20.9 Å². The van der Waals surface area contributed by atoms with Gasteiger partial charge in [-0.1, -0.05) is 18.6 Å². The van der Waals surface area contributed by atoms with Gasteiger partial charge in [-0.15, -0.1) is 11.3 Å². The summed E-state index contributed by atoms with van der Waals surface area (Å²) in [4.78, 5) is 41.0. The number of H-pyrrole nitrogens is 1. The average Bonchev–Trinajstić information content (AvgIpc) is 3.05. The Morgan fingerprint density at radius 2 is 1.97 bits per heavy atom. The first kappa shape index (κ1) is 19.4. The van der Waals surface area contributed by atoms with Gasteiger partial charge in [-0.3, -0.25) is 14.4 Å². The second kappa shape index (κ2) is 7.58. The molecule has 3 aliphatic rings. The van der Waals surface area contributed by atoms with Crippen LogP contribution in [0.5, 0.6) is 0 Å². The molecule has 0 spiro atoms. The third-order valence-corrected chi connectivity index (χ3v) is 7.35. The molecule has 2 atom stereocenters. The molecule has 3 aliphatic carbocycles. The van der Waals surface area contributed by atoms with E-state index >= 15 is 0 Å². The number of nitrogens with one attached hydrogen (secondary N) is 4. The zero-order valence-electron chi connectivity index (χ0n) is 16.7. The second-order valence-electron chi connectivity index (χ2n) is 8.74. The van der Waals surface area contributed by atoms with E-state index in [-0.39, 0.29) is 35.7 Å². The minimum Gasteiger partial charge on any atom is -0.355 e. The van der Waals surface area contributed by atoms with Crippen LogP contribution >= 0.6 is 11.3 Å². The molecule has 2 fully saturated rings. The molecule has 2 aromatic rings. The maximum atomic E-state index is 12.8. The first-order valence-electron chi connectivity index (χ1n) is 10.7. The largest absolute Gasteiger partial charge is 0.355 e. The Morgan fingerprint density at radius 3 is 2.67 bits per heavy atom. The Bertz CT molecular complexity index is 986. The van der Waals surface area contributed by atoms with Crippen molar-refractivity contribution in [2.75, 3.05) is 6.54 Å². The Balaban J connectivity index is 1.11. The Labute approximate surface area is 178 Å². The fraction of sp³-hybridized carbons (Fsp3) is 0.500. The topological polar surface area (TPSA) is 103 Å². The van der Waals surface area contributed by atoms with Crippen LogP contribution in [0.1, 0.15) is 49.0 Å². The van der Waals surface area contributed by atoms with Crippen molar-refractivity contribution in [3.05, 3.63) is 35.4 Å². The summed E-state index contributed by atoms with van der Waals surface area (Å²) in [7, 11) is 0. The molecule has 0 bridgehead atoms. The number of aromatic amines is 1. The number of carbonyl (C=O) groups excluding carboxylic acids is 3. The summed E-state index contributed by atoms with van der Waals surface area (Å²) in [6.45, 7) is 0.485. The molecule has 2 saturated carbocycles. The summed E-state index contributed by atoms with van der Waals surface area (Å²) in [6, 6.07) is 4.04. The van der Waals surface area contributed by atoms with E-state index in [1.807, 2.05) is 29.7 Å². The number of carbonyl (C=O) groups is 3. The standard InChI is InChI=1S/C22H26N4O3S/c27-19(17-11-18-16(26-17)6-9-30-18)24-15-3-2-13(10-15)12-23-20(28)22(7-1-8-22)21(29)25-14-4-5-14/h2-3,6,9,11,13-15,26H,1,4-5,7-8,10,12H2,(H,23,28)(H,24,27)(H,25,29)/t13-,15+/m0/s1. The monoisotopic (exact) mass is 426 g/mol. The Morgan fingerprint density at radius 1 is 1.13 bits per heavy atom. The predicted molar refractivity (Wildman–Crippen MR) is 115 cm³/mol. The third kappa shape index (κ3) is 3.64. The first-order chi connectivity index (χ1) is 14.5. The van der Waals surface area contributed by atoms with Crippen LogP contribution in [0.2, 0.25) is 0 Å². The van der Waals surface area contributed by atoms with E-state index in [1.165, 1.54) is 0 Å². The van der Waals surface area contributed by atoms with Crippen molar-refractivity contribution >= 4 is 39.3 Å². The molecule has 2 heterocycles. The van der Waals surface area contributed by atoms with Gasteiger partial charge in [0.1, 0.15) is 11.1 Å². The number of aromatic nitrogens is 1. The lowest BCUT2D eigenvalue weighted by Gasteiger charge is -2.38. The minimum atomic E-state index is -0.876. The molecule has 0 aliphatic heterocycles. The van der Waals surface area contributed by atoms with Crippen LogP contribution in [0.3, 0.4) is 0 Å². The van der Waals surface area contributed by atoms with E-state index in [2.05, 4.69) is 20.9 Å². The number of hydrogen-bond acceptors (Lipinski definition) is 4. The van der Waals surface area contributed by atoms with Crippen molar-refractivity contribution in [2.24, 2.45) is 11.3 Å². The van der Waals surface area contributed by atoms with Gasteiger partial charge in [0.05, 0.1) is 10.2 Å². The number of fused-ring (bicyclic) bond motifs is 1. The number of thiophene rings is 1. The lowest BCUT2D eigenvalue weighted by atomic mass is 9.67. The molecular formula is C22H26N4O3S. The Hall–Kier alpha value is -2.61. The van der Waals surface area contributed by atoms with Crippen molar-refractivity contribution < 1.29 is 14.4 Å². The molecule has 0 aromatic carbocycles. The van der Waals surface area contributed by atoms with Crippen molar-refractivity contribution in [1.82, 2.24) is 20.9 Å². The van der Waals surface area contributed by atoms with Crippen LogP contribution in [0.4, 0.5) is 0 Å². The molecular weight excluding hydrogens is 400 g/mol. The summed E-state index contributed by atoms with van der Waals surface area (Å²) in [5.74, 6) is -0.233. The average molecular weight is 427 g/mol. The molecule has 3 amide bonds. The van der Waals surface area contributed by atoms with Crippen LogP contribution in [0, 0.1) is 11.3 Å². The van der Waals surface area contributed by atoms with Gasteiger partial charge in [-0.25, -0.2) is 0 Å². The van der Waals surface area contributed by atoms with E-state index in [0.29, 0.717) is 25.1 Å². The highest BCUT2D eigenvalue weighted by Crippen LogP contribution is 2.42. The zero-order valence-corrected chi connectivity index (χ0v) is 17.5. The van der Waals surface area contributed by atoms with Crippen LogP contribution in [-0.2, 0) is 9.59 Å². The summed E-state index contributed by atoms with van der Waals surface area (Å²) >= 11 is 1.60. The van der Waals surface area contributed by atoms with Crippen molar-refractivity contribution in [3.8, 4) is 0 Å². The van der Waals surface area contributed by atoms with Gasteiger partial charge in [0, 0.05) is 18.6 Å². The van der Waals surface area contributed by atoms with Crippen LogP contribution in [0.25, 0.3) is 10.2 Å². The van der Waals surface area contributed by atoms with E-state index in [0.717, 1.165) is 35.9 Å². The smallest absolute Gasteiger partial charge is 0.268 e. The summed E-state index contributed by atoms with van der Waals surface area (Å²) in [6.07, 6.45) is 8.97. The maximum absolute atomic E-state index is 12.8. The fourth-order valence-electron chi connectivity index (χ4n) is 4.28. The van der Waals surface area contributed by atoms with Crippen molar-refractivity contribution in [1.29, 1.82) is 0 Å². The van der Waals surface area contributed by atoms with Gasteiger partial charge in [-0.05, 0) is 55.5 Å². The molecule has 7 nitrogen and oxygen atoms in total. The van der Waals surface area contributed by atoms with Gasteiger partial charge in [0.15, 0.2) is 0 Å². The summed E-state index contributed by atoms with van der Waals surface area (Å²) < 4.78 is 1.07. The molecule has 158 valence electrons. The molecule has 8 heteroatoms. The normalized spacial score (nSPS) is 24.4. The summed E-state index contributed by atoms with van der Waals surface area (Å²) in [5.41, 5.74) is 0.665. The van der Waals surface area contributed by atoms with Gasteiger partial charge in [-0.2, -0.15) is 0 Å². The molecule has 5 rings (SSSR count). The van der Waals surface area contributed by atoms with Gasteiger partial charge >= 0.3 is 0 Å². The van der Waals surface area contributed by atoms with E-state index in [9.17, 15) is 14.4 Å². The first-order valence-corrected chi connectivity index (χ1v) is 11.6. The zero-order chi connectivity index (χ0) is 20.7. The molecule has 0 saturated heterocycles. The fourth-order valence-corrected chi connectivity index (χ4v) is 5.06. The SMILES string of the molecule is O=C(N[C@@H]1C=C[C@H](CNC(=O)C2(C(=O)NC3CC3)CCC2)C1)c1cc2sccc2[nH]1. The number of amides is 3. The summed E-state index contributed by atoms with van der Waals surface area (Å²) in [5, 5.41) is 11.0. The lowest BCUT2D eigenvalue weighted by molar-refractivity contribution is -0.149. The van der Waals surface area contributed by atoms with E-state index in [4.69, 9.17) is 0 Å². The minimum absolute atomic E-state index is 0.0587. The van der Waals surface area contributed by atoms with Gasteiger partial charge in [0.2, 0.25) is 11.8 Å². The van der Waals surface area contributed by atoms with Crippen LogP contribution in [0.15, 0.2) is 29.7 Å². The third-order valence-electron chi connectivity index (χ3n) is 6.49. The maximum Gasteiger partial charge on any atom is 0.268 e. The molecule has 0 unspecified atom stereocenters. The van der Waals surface area contributed by atoms with E-state index in [1.54, 1.807) is 11.3 Å². The number of rotatable bonds is 7. The highest BCUT2D eigenvalue weighted by Gasteiger charge is 2.51. The molecule has 0 radical (unpaired) electrons. The van der Waals surface area contributed by atoms with Crippen LogP contribution < -0.4 is 16.0 Å². The molecule has 2 aromatic heterocycles. The van der Waals surface area contributed by atoms with Crippen molar-refractivity contribution in [2.45, 2.75) is 50.6 Å². The van der Waals surface area contributed by atoms with Gasteiger partial charge in [0.25, 0.3) is 5.91 Å². The highest BCUT2D eigenvalue weighted by atomic mass is 32.1. The predicted octanol–water partition coefficient (Wildman–Crippen LogP) is 2.47. The number of hydrogen-bond donors (Lipinski definition) is 4. The molecule has 30 heavy (non-hydrogen) atoms. The molecule has 4 N–H and O–H groups in total. The van der Waals surface area contributed by atoms with Crippen LogP contribution in [-0.4, -0.2) is 41.3 Å². The Kier molecular flexibility index (Phi) is 4.89.